The second-order valence-electron chi connectivity index (χ2n) is 3.85. The zero-order valence-corrected chi connectivity index (χ0v) is 10.6. The van der Waals surface area contributed by atoms with Crippen molar-refractivity contribution in [2.24, 2.45) is 0 Å². The zero-order chi connectivity index (χ0) is 13.0. The summed E-state index contributed by atoms with van der Waals surface area (Å²) in [5.74, 6) is -0.0584. The molecule has 0 bridgehead atoms. The third kappa shape index (κ3) is 2.70. The zero-order valence-electron chi connectivity index (χ0n) is 10.6. The van der Waals surface area contributed by atoms with Crippen molar-refractivity contribution in [1.82, 2.24) is 0 Å². The Morgan fingerprint density at radius 3 is 2.06 bits per heavy atom. The van der Waals surface area contributed by atoms with E-state index in [2.05, 4.69) is 0 Å². The average molecular weight is 238 g/mol. The smallest absolute Gasteiger partial charge is 0.310 e. The highest BCUT2D eigenvalue weighted by molar-refractivity contribution is 5.76. The summed E-state index contributed by atoms with van der Waals surface area (Å²) < 4.78 is 10.5. The minimum Gasteiger partial charge on any atom is -0.496 e. The van der Waals surface area contributed by atoms with Crippen molar-refractivity contribution in [1.29, 1.82) is 0 Å². The fraction of sp³-hybridized carbons (Fsp3) is 0.462. The molecule has 0 spiro atoms. The normalized spacial score (nSPS) is 12.0. The standard InChI is InChI=1S/C13H18O4/c1-5-10(13(14)15)9-6-11(16-3)8(2)12(7-9)17-4/h6-7,10H,5H2,1-4H3,(H,14,15). The first kappa shape index (κ1) is 13.4. The number of hydrogen-bond acceptors (Lipinski definition) is 3. The van der Waals surface area contributed by atoms with E-state index in [-0.39, 0.29) is 0 Å². The van der Waals surface area contributed by atoms with Gasteiger partial charge in [-0.2, -0.15) is 0 Å². The van der Waals surface area contributed by atoms with E-state index < -0.39 is 11.9 Å². The molecule has 4 heteroatoms. The number of aliphatic carboxylic acids is 1. The molecule has 1 aromatic rings. The number of carboxylic acid groups (broad SMARTS) is 1. The van der Waals surface area contributed by atoms with Gasteiger partial charge in [0.1, 0.15) is 11.5 Å². The van der Waals surface area contributed by atoms with Crippen LogP contribution in [0.3, 0.4) is 0 Å². The summed E-state index contributed by atoms with van der Waals surface area (Å²) in [5.41, 5.74) is 1.58. The van der Waals surface area contributed by atoms with E-state index in [4.69, 9.17) is 14.6 Å². The van der Waals surface area contributed by atoms with Crippen molar-refractivity contribution in [3.8, 4) is 11.5 Å². The third-order valence-corrected chi connectivity index (χ3v) is 2.88. The lowest BCUT2D eigenvalue weighted by atomic mass is 9.95. The molecule has 0 aliphatic heterocycles. The van der Waals surface area contributed by atoms with Crippen LogP contribution in [0.25, 0.3) is 0 Å². The molecule has 4 nitrogen and oxygen atoms in total. The predicted molar refractivity (Wildman–Crippen MR) is 65.0 cm³/mol. The Hall–Kier alpha value is -1.71. The predicted octanol–water partition coefficient (Wildman–Crippen LogP) is 2.59. The van der Waals surface area contributed by atoms with Crippen molar-refractivity contribution in [2.75, 3.05) is 14.2 Å². The first-order chi connectivity index (χ1) is 8.04. The molecule has 0 saturated heterocycles. The fourth-order valence-electron chi connectivity index (χ4n) is 1.86. The summed E-state index contributed by atoms with van der Waals surface area (Å²) in [4.78, 5) is 11.1. The molecule has 0 radical (unpaired) electrons. The first-order valence-electron chi connectivity index (χ1n) is 5.50. The van der Waals surface area contributed by atoms with Crippen LogP contribution in [0.1, 0.15) is 30.4 Å². The molecule has 0 heterocycles. The molecular formula is C13H18O4. The number of rotatable bonds is 5. The van der Waals surface area contributed by atoms with E-state index in [0.717, 1.165) is 5.56 Å². The van der Waals surface area contributed by atoms with Crippen LogP contribution in [0.5, 0.6) is 11.5 Å². The summed E-state index contributed by atoms with van der Waals surface area (Å²) >= 11 is 0. The van der Waals surface area contributed by atoms with Gasteiger partial charge in [0.15, 0.2) is 0 Å². The minimum atomic E-state index is -0.833. The Balaban J connectivity index is 3.29. The molecule has 1 unspecified atom stereocenters. The lowest BCUT2D eigenvalue weighted by Crippen LogP contribution is -2.11. The quantitative estimate of drug-likeness (QED) is 0.856. The van der Waals surface area contributed by atoms with E-state index >= 15 is 0 Å². The van der Waals surface area contributed by atoms with Gasteiger partial charge in [-0.25, -0.2) is 0 Å². The van der Waals surface area contributed by atoms with Gasteiger partial charge in [-0.3, -0.25) is 4.79 Å². The molecule has 0 aromatic heterocycles. The van der Waals surface area contributed by atoms with Gasteiger partial charge in [0.2, 0.25) is 0 Å². The summed E-state index contributed by atoms with van der Waals surface area (Å²) in [6, 6.07) is 3.53. The summed E-state index contributed by atoms with van der Waals surface area (Å²) in [6.45, 7) is 3.72. The Labute approximate surface area is 101 Å². The Morgan fingerprint density at radius 2 is 1.76 bits per heavy atom. The lowest BCUT2D eigenvalue weighted by Gasteiger charge is -2.16. The maximum Gasteiger partial charge on any atom is 0.310 e. The van der Waals surface area contributed by atoms with Crippen molar-refractivity contribution >= 4 is 5.97 Å². The molecule has 1 aromatic carbocycles. The summed E-state index contributed by atoms with van der Waals surface area (Å²) in [5, 5.41) is 9.14. The van der Waals surface area contributed by atoms with Crippen molar-refractivity contribution in [3.05, 3.63) is 23.3 Å². The largest absolute Gasteiger partial charge is 0.496 e. The number of methoxy groups -OCH3 is 2. The monoisotopic (exact) mass is 238 g/mol. The van der Waals surface area contributed by atoms with Gasteiger partial charge in [-0.05, 0) is 31.0 Å². The number of hydrogen-bond donors (Lipinski definition) is 1. The van der Waals surface area contributed by atoms with E-state index in [1.807, 2.05) is 13.8 Å². The number of carbonyl (C=O) groups is 1. The molecule has 17 heavy (non-hydrogen) atoms. The minimum absolute atomic E-state index is 0.529. The number of carboxylic acids is 1. The second kappa shape index (κ2) is 5.57. The molecule has 1 atom stereocenters. The molecule has 1 N–H and O–H groups in total. The third-order valence-electron chi connectivity index (χ3n) is 2.88. The van der Waals surface area contributed by atoms with E-state index in [1.54, 1.807) is 26.4 Å². The van der Waals surface area contributed by atoms with Gasteiger partial charge in [0.25, 0.3) is 0 Å². The maximum absolute atomic E-state index is 11.1. The van der Waals surface area contributed by atoms with Crippen LogP contribution in [0.4, 0.5) is 0 Å². The van der Waals surface area contributed by atoms with Crippen molar-refractivity contribution < 1.29 is 19.4 Å². The number of benzene rings is 1. The average Bonchev–Trinajstić information content (AvgIpc) is 2.31. The van der Waals surface area contributed by atoms with Crippen LogP contribution in [0.15, 0.2) is 12.1 Å². The molecule has 0 saturated carbocycles. The van der Waals surface area contributed by atoms with Gasteiger partial charge < -0.3 is 14.6 Å². The van der Waals surface area contributed by atoms with Gasteiger partial charge in [0.05, 0.1) is 20.1 Å². The number of ether oxygens (including phenoxy) is 2. The van der Waals surface area contributed by atoms with E-state index in [0.29, 0.717) is 23.5 Å². The van der Waals surface area contributed by atoms with Gasteiger partial charge in [-0.1, -0.05) is 6.92 Å². The van der Waals surface area contributed by atoms with Gasteiger partial charge in [-0.15, -0.1) is 0 Å². The van der Waals surface area contributed by atoms with Crippen molar-refractivity contribution in [3.63, 3.8) is 0 Å². The Bertz CT molecular complexity index is 387. The Morgan fingerprint density at radius 1 is 1.29 bits per heavy atom. The topological polar surface area (TPSA) is 55.8 Å². The van der Waals surface area contributed by atoms with Crippen LogP contribution in [0.2, 0.25) is 0 Å². The highest BCUT2D eigenvalue weighted by Gasteiger charge is 2.20. The van der Waals surface area contributed by atoms with Gasteiger partial charge >= 0.3 is 5.97 Å². The molecule has 0 aliphatic carbocycles. The molecular weight excluding hydrogens is 220 g/mol. The van der Waals surface area contributed by atoms with E-state index in [9.17, 15) is 4.79 Å². The molecule has 94 valence electrons. The SMILES string of the molecule is CCC(C(=O)O)c1cc(OC)c(C)c(OC)c1. The highest BCUT2D eigenvalue weighted by Crippen LogP contribution is 2.33. The van der Waals surface area contributed by atoms with Crippen LogP contribution in [0, 0.1) is 6.92 Å². The summed E-state index contributed by atoms with van der Waals surface area (Å²) in [7, 11) is 3.13. The van der Waals surface area contributed by atoms with Crippen molar-refractivity contribution in [2.45, 2.75) is 26.2 Å². The maximum atomic E-state index is 11.1. The second-order valence-corrected chi connectivity index (χ2v) is 3.85. The highest BCUT2D eigenvalue weighted by atomic mass is 16.5. The van der Waals surface area contributed by atoms with Crippen LogP contribution >= 0.6 is 0 Å². The molecule has 1 rings (SSSR count). The molecule has 0 aliphatic rings. The molecule has 0 fully saturated rings. The Kier molecular flexibility index (Phi) is 4.37. The fourth-order valence-corrected chi connectivity index (χ4v) is 1.86. The van der Waals surface area contributed by atoms with Gasteiger partial charge in [0, 0.05) is 5.56 Å². The lowest BCUT2D eigenvalue weighted by molar-refractivity contribution is -0.138. The van der Waals surface area contributed by atoms with Crippen LogP contribution in [-0.2, 0) is 4.79 Å². The van der Waals surface area contributed by atoms with Crippen LogP contribution in [-0.4, -0.2) is 25.3 Å². The first-order valence-corrected chi connectivity index (χ1v) is 5.50. The van der Waals surface area contributed by atoms with E-state index in [1.165, 1.54) is 0 Å². The van der Waals surface area contributed by atoms with Crippen LogP contribution < -0.4 is 9.47 Å². The molecule has 0 amide bonds. The summed E-state index contributed by atoms with van der Waals surface area (Å²) in [6.07, 6.45) is 0.532.